The Morgan fingerprint density at radius 2 is 1.87 bits per heavy atom. The molecule has 0 aliphatic heterocycles. The van der Waals surface area contributed by atoms with Crippen LogP contribution in [0.5, 0.6) is 11.5 Å². The molecule has 0 spiro atoms. The number of ether oxygens (including phenoxy) is 3. The van der Waals surface area contributed by atoms with E-state index in [1.807, 2.05) is 25.3 Å². The zero-order valence-corrected chi connectivity index (χ0v) is 17.4. The van der Waals surface area contributed by atoms with Gasteiger partial charge in [-0.25, -0.2) is 4.79 Å². The number of Topliss-reactive ketones (excluding diaryl/α,β-unsaturated/α-hetero) is 1. The molecule has 1 heterocycles. The van der Waals surface area contributed by atoms with Crippen molar-refractivity contribution >= 4 is 17.8 Å². The molecule has 2 aromatic rings. The summed E-state index contributed by atoms with van der Waals surface area (Å²) in [5.74, 6) is -0.938. The summed E-state index contributed by atoms with van der Waals surface area (Å²) in [7, 11) is 0. The summed E-state index contributed by atoms with van der Waals surface area (Å²) in [6, 6.07) is 6.07. The van der Waals surface area contributed by atoms with Crippen LogP contribution in [-0.2, 0) is 16.1 Å². The van der Waals surface area contributed by atoms with E-state index in [1.54, 1.807) is 13.0 Å². The Hall–Kier alpha value is -3.16. The summed E-state index contributed by atoms with van der Waals surface area (Å²) in [4.78, 5) is 24.3. The average Bonchev–Trinajstić information content (AvgIpc) is 2.99. The fourth-order valence-electron chi connectivity index (χ4n) is 3.09. The van der Waals surface area contributed by atoms with Gasteiger partial charge in [-0.15, -0.1) is 0 Å². The lowest BCUT2D eigenvalue weighted by Gasteiger charge is -2.11. The zero-order chi connectivity index (χ0) is 22.3. The number of hydrogen-bond acceptors (Lipinski definition) is 5. The highest BCUT2D eigenvalue weighted by molar-refractivity contribution is 6.00. The van der Waals surface area contributed by atoms with E-state index in [-0.39, 0.29) is 30.5 Å². The molecule has 6 nitrogen and oxygen atoms in total. The quantitative estimate of drug-likeness (QED) is 0.320. The number of ketones is 1. The van der Waals surface area contributed by atoms with E-state index in [2.05, 4.69) is 4.74 Å². The van der Waals surface area contributed by atoms with Crippen molar-refractivity contribution in [3.8, 4) is 11.5 Å². The molecule has 0 aliphatic rings. The predicted octanol–water partition coefficient (Wildman–Crippen LogP) is 4.56. The number of aryl methyl sites for hydroxylation is 1. The van der Waals surface area contributed by atoms with Gasteiger partial charge in [-0.2, -0.15) is 8.78 Å². The van der Waals surface area contributed by atoms with E-state index < -0.39 is 12.6 Å². The molecule has 8 heteroatoms. The lowest BCUT2D eigenvalue weighted by molar-refractivity contribution is -0.136. The van der Waals surface area contributed by atoms with Crippen LogP contribution in [0.15, 0.2) is 30.3 Å². The second-order valence-electron chi connectivity index (χ2n) is 6.41. The molecular formula is C22H25F2NO5. The van der Waals surface area contributed by atoms with Gasteiger partial charge in [-0.3, -0.25) is 4.79 Å². The van der Waals surface area contributed by atoms with E-state index in [1.165, 1.54) is 24.3 Å². The van der Waals surface area contributed by atoms with Crippen LogP contribution in [0, 0.1) is 13.8 Å². The first-order valence-corrected chi connectivity index (χ1v) is 9.53. The molecule has 0 saturated heterocycles. The van der Waals surface area contributed by atoms with Gasteiger partial charge in [0, 0.05) is 29.6 Å². The molecule has 1 aromatic heterocycles. The molecule has 0 amide bonds. The normalized spacial score (nSPS) is 11.2. The molecule has 0 radical (unpaired) electrons. The number of alkyl halides is 2. The second kappa shape index (κ2) is 10.6. The number of rotatable bonds is 10. The van der Waals surface area contributed by atoms with Crippen molar-refractivity contribution in [3.05, 3.63) is 52.9 Å². The minimum absolute atomic E-state index is 0.0955. The van der Waals surface area contributed by atoms with Crippen LogP contribution in [0.4, 0.5) is 8.78 Å². The van der Waals surface area contributed by atoms with Gasteiger partial charge in [0.2, 0.25) is 5.78 Å². The Kier molecular flexibility index (Phi) is 8.15. The second-order valence-corrected chi connectivity index (χ2v) is 6.41. The van der Waals surface area contributed by atoms with Crippen LogP contribution in [0.2, 0.25) is 0 Å². The Morgan fingerprint density at radius 1 is 1.13 bits per heavy atom. The van der Waals surface area contributed by atoms with Gasteiger partial charge < -0.3 is 18.8 Å². The van der Waals surface area contributed by atoms with Crippen molar-refractivity contribution in [1.29, 1.82) is 0 Å². The van der Waals surface area contributed by atoms with E-state index in [0.717, 1.165) is 24.0 Å². The maximum Gasteiger partial charge on any atom is 0.387 e. The first-order chi connectivity index (χ1) is 14.3. The number of hydrogen-bond donors (Lipinski definition) is 0. The lowest BCUT2D eigenvalue weighted by atomic mass is 10.1. The first-order valence-electron chi connectivity index (χ1n) is 9.53. The molecule has 2 rings (SSSR count). The molecule has 1 aromatic carbocycles. The molecule has 0 saturated carbocycles. The van der Waals surface area contributed by atoms with Gasteiger partial charge in [0.05, 0.1) is 6.61 Å². The summed E-state index contributed by atoms with van der Waals surface area (Å²) in [5.41, 5.74) is 2.85. The number of esters is 1. The number of aromatic nitrogens is 1. The molecule has 0 fully saturated rings. The fourth-order valence-corrected chi connectivity index (χ4v) is 3.09. The Bertz CT molecular complexity index is 934. The Balaban J connectivity index is 2.00. The van der Waals surface area contributed by atoms with Gasteiger partial charge in [0.1, 0.15) is 0 Å². The molecule has 0 atom stereocenters. The van der Waals surface area contributed by atoms with E-state index in [9.17, 15) is 18.4 Å². The van der Waals surface area contributed by atoms with Crippen LogP contribution in [-0.4, -0.2) is 36.1 Å². The maximum absolute atomic E-state index is 12.5. The van der Waals surface area contributed by atoms with Crippen LogP contribution < -0.4 is 9.47 Å². The van der Waals surface area contributed by atoms with E-state index in [4.69, 9.17) is 9.47 Å². The third-order valence-electron chi connectivity index (χ3n) is 4.43. The minimum atomic E-state index is -2.97. The van der Waals surface area contributed by atoms with Crippen LogP contribution in [0.3, 0.4) is 0 Å². The van der Waals surface area contributed by atoms with Crippen molar-refractivity contribution in [2.45, 2.75) is 40.9 Å². The minimum Gasteiger partial charge on any atom is -0.490 e. The number of halogens is 2. The monoisotopic (exact) mass is 421 g/mol. The van der Waals surface area contributed by atoms with Crippen molar-refractivity contribution < 1.29 is 32.6 Å². The average molecular weight is 421 g/mol. The summed E-state index contributed by atoms with van der Waals surface area (Å²) in [6.45, 7) is 5.12. The zero-order valence-electron chi connectivity index (χ0n) is 17.4. The number of carbonyl (C=O) groups is 2. The molecule has 0 unspecified atom stereocenters. The first kappa shape index (κ1) is 23.1. The summed E-state index contributed by atoms with van der Waals surface area (Å²) < 4.78 is 41.6. The van der Waals surface area contributed by atoms with E-state index >= 15 is 0 Å². The number of carbonyl (C=O) groups excluding carboxylic acids is 2. The molecule has 0 N–H and O–H groups in total. The topological polar surface area (TPSA) is 66.8 Å². The third kappa shape index (κ3) is 5.92. The molecular weight excluding hydrogens is 396 g/mol. The van der Waals surface area contributed by atoms with E-state index in [0.29, 0.717) is 11.1 Å². The summed E-state index contributed by atoms with van der Waals surface area (Å²) >= 11 is 0. The Morgan fingerprint density at radius 3 is 2.47 bits per heavy atom. The van der Waals surface area contributed by atoms with Crippen LogP contribution in [0.1, 0.15) is 41.2 Å². The van der Waals surface area contributed by atoms with Crippen molar-refractivity contribution in [1.82, 2.24) is 4.57 Å². The largest absolute Gasteiger partial charge is 0.490 e. The molecule has 162 valence electrons. The predicted molar refractivity (Wildman–Crippen MR) is 108 cm³/mol. The Labute approximate surface area is 174 Å². The molecule has 0 bridgehead atoms. The van der Waals surface area contributed by atoms with Crippen LogP contribution >= 0.6 is 0 Å². The SMILES string of the molecule is CCOc1cc(/C=C/C(=O)OCC(=O)c2cc(C)n(CC)c2C)ccc1OC(F)F. The van der Waals surface area contributed by atoms with Crippen molar-refractivity contribution in [3.63, 3.8) is 0 Å². The van der Waals surface area contributed by atoms with Crippen LogP contribution in [0.25, 0.3) is 6.08 Å². The van der Waals surface area contributed by atoms with Crippen molar-refractivity contribution in [2.24, 2.45) is 0 Å². The third-order valence-corrected chi connectivity index (χ3v) is 4.43. The number of nitrogens with zero attached hydrogens (tertiary/aromatic N) is 1. The molecule has 0 aliphatic carbocycles. The maximum atomic E-state index is 12.5. The highest BCUT2D eigenvalue weighted by Crippen LogP contribution is 2.30. The van der Waals surface area contributed by atoms with Crippen molar-refractivity contribution in [2.75, 3.05) is 13.2 Å². The van der Waals surface area contributed by atoms with Gasteiger partial charge >= 0.3 is 12.6 Å². The van der Waals surface area contributed by atoms with Gasteiger partial charge in [-0.05, 0) is 57.5 Å². The standard InChI is InChI=1S/C22H25F2NO5/c1-5-25-14(3)11-17(15(25)4)18(26)13-29-21(27)10-8-16-7-9-19(30-22(23)24)20(12-16)28-6-2/h7-12,22H,5-6,13H2,1-4H3/b10-8+. The van der Waals surface area contributed by atoms with Gasteiger partial charge in [-0.1, -0.05) is 6.07 Å². The highest BCUT2D eigenvalue weighted by Gasteiger charge is 2.16. The summed E-state index contributed by atoms with van der Waals surface area (Å²) in [5, 5.41) is 0. The summed E-state index contributed by atoms with van der Waals surface area (Å²) in [6.07, 6.45) is 2.59. The fraction of sp³-hybridized carbons (Fsp3) is 0.364. The smallest absolute Gasteiger partial charge is 0.387 e. The molecule has 30 heavy (non-hydrogen) atoms. The van der Waals surface area contributed by atoms with Gasteiger partial charge in [0.25, 0.3) is 0 Å². The lowest BCUT2D eigenvalue weighted by Crippen LogP contribution is -2.13. The number of benzene rings is 1. The van der Waals surface area contributed by atoms with Gasteiger partial charge in [0.15, 0.2) is 18.1 Å². The highest BCUT2D eigenvalue weighted by atomic mass is 19.3.